The third kappa shape index (κ3) is 7.85. The summed E-state index contributed by atoms with van der Waals surface area (Å²) in [6.45, 7) is 0. The first-order chi connectivity index (χ1) is 41.2. The van der Waals surface area contributed by atoms with Crippen LogP contribution >= 0.6 is 0 Å². The highest BCUT2D eigenvalue weighted by Crippen LogP contribution is 2.40. The maximum atomic E-state index is 9.86. The number of rotatable bonds is 10. The van der Waals surface area contributed by atoms with Gasteiger partial charge in [-0.3, -0.25) is 0 Å². The highest BCUT2D eigenvalue weighted by Gasteiger charge is 2.17. The quantitative estimate of drug-likeness (QED) is 0.133. The van der Waals surface area contributed by atoms with Crippen molar-refractivity contribution in [3.05, 3.63) is 279 Å². The van der Waals surface area contributed by atoms with Crippen LogP contribution in [0.1, 0.15) is 24.7 Å². The lowest BCUT2D eigenvalue weighted by Crippen LogP contribution is -2.09. The van der Waals surface area contributed by atoms with Gasteiger partial charge >= 0.3 is 0 Å². The van der Waals surface area contributed by atoms with E-state index in [2.05, 4.69) is 6.07 Å². The molecule has 0 fully saturated rings. The Balaban J connectivity index is 1.05. The summed E-state index contributed by atoms with van der Waals surface area (Å²) in [7, 11) is 0. The molecule has 0 saturated heterocycles. The number of hydrogen-bond acceptors (Lipinski definition) is 1. The molecular weight excluding hydrogens is 821 g/mol. The van der Waals surface area contributed by atoms with E-state index in [0.717, 1.165) is 43.9 Å². The number of anilines is 3. The van der Waals surface area contributed by atoms with Crippen molar-refractivity contribution >= 4 is 38.9 Å². The van der Waals surface area contributed by atoms with Crippen LogP contribution in [0.3, 0.4) is 0 Å². The Bertz CT molecular complexity index is 4680. The number of hydrogen-bond donors (Lipinski definition) is 0. The van der Waals surface area contributed by atoms with Crippen molar-refractivity contribution in [2.45, 2.75) is 0 Å². The molecule has 0 amide bonds. The Morgan fingerprint density at radius 2 is 0.721 bits per heavy atom. The molecule has 12 aromatic rings. The molecular formula is C66H46N2. The molecule has 0 aliphatic rings. The lowest BCUT2D eigenvalue weighted by atomic mass is 9.98. The highest BCUT2D eigenvalue weighted by atomic mass is 15.1. The molecule has 0 atom stereocenters. The van der Waals surface area contributed by atoms with Gasteiger partial charge in [-0.1, -0.05) is 206 Å². The molecule has 68 heavy (non-hydrogen) atoms. The Hall–Kier alpha value is -8.98. The van der Waals surface area contributed by atoms with Crippen molar-refractivity contribution in [2.75, 3.05) is 4.90 Å². The average molecular weight is 885 g/mol. The van der Waals surface area contributed by atoms with E-state index in [4.69, 9.17) is 12.3 Å². The van der Waals surface area contributed by atoms with Crippen LogP contribution in [0.15, 0.2) is 279 Å². The molecule has 0 bridgehead atoms. The SMILES string of the molecule is [2H]c1c([2H])c([2H])c(-c2c([2H])c([2H])c(-c3c([2H])c([2H])c(N(c4ccc(-c5cccc(-c6ccccc6)c5)cc4)c4c([2H])c([2H])c(-c5ccc6c(c5[2H])c5ccccc5n6-c5cccc(-c6ccccc6)c5)c([2H])c4[2H])c([2H])c3[2H])c([2H])c2[2H])c([2H])c1[2H]. The van der Waals surface area contributed by atoms with Crippen LogP contribution in [0.25, 0.3) is 94.3 Å². The van der Waals surface area contributed by atoms with E-state index in [1.54, 1.807) is 36.4 Å². The first-order valence-corrected chi connectivity index (χ1v) is 21.9. The van der Waals surface area contributed by atoms with E-state index in [1.807, 2.05) is 132 Å². The number of aromatic nitrogens is 1. The smallest absolute Gasteiger partial charge is 0.0645 e. The van der Waals surface area contributed by atoms with Crippen molar-refractivity contribution in [2.24, 2.45) is 0 Å². The molecule has 1 aromatic heterocycles. The summed E-state index contributed by atoms with van der Waals surface area (Å²) in [6, 6.07) is 39.6. The second-order valence-corrected chi connectivity index (χ2v) is 15.9. The lowest BCUT2D eigenvalue weighted by Gasteiger charge is -2.26. The van der Waals surface area contributed by atoms with Gasteiger partial charge in [0.25, 0.3) is 0 Å². The van der Waals surface area contributed by atoms with Crippen molar-refractivity contribution in [1.82, 2.24) is 4.57 Å². The van der Waals surface area contributed by atoms with Crippen LogP contribution in [0.5, 0.6) is 0 Å². The molecule has 0 unspecified atom stereocenters. The maximum absolute atomic E-state index is 9.86. The first kappa shape index (κ1) is 25.6. The fourth-order valence-corrected chi connectivity index (χ4v) is 8.48. The van der Waals surface area contributed by atoms with Crippen LogP contribution in [0, 0.1) is 0 Å². The third-order valence-electron chi connectivity index (χ3n) is 11.8. The summed E-state index contributed by atoms with van der Waals surface area (Å²) < 4.78 is 168. The van der Waals surface area contributed by atoms with E-state index in [-0.39, 0.29) is 22.9 Å². The summed E-state index contributed by atoms with van der Waals surface area (Å²) in [5.41, 5.74) is 3.95. The second-order valence-electron chi connectivity index (χ2n) is 15.9. The standard InChI is InChI=1S/C66H46N2/c1-4-14-47(15-5-1)50-26-28-51(29-27-50)52-30-37-59(38-31-52)67(60-39-32-53(33-40-60)56-21-12-20-55(44-56)48-16-6-2-7-17-48)61-41-34-54(35-42-61)58-36-43-66-64(46-58)63-24-10-11-25-65(63)68(66)62-23-13-22-57(45-62)49-18-8-3-9-19-49/h1-46H/i1D,4D,5D,14D,15D,26D,27D,28D,29D,30D,31D,34D,35D,37D,38D,41D,42D,46D. The molecule has 2 nitrogen and oxygen atoms in total. The number of para-hydroxylation sites is 1. The van der Waals surface area contributed by atoms with E-state index >= 15 is 0 Å². The van der Waals surface area contributed by atoms with Crippen LogP contribution in [-0.4, -0.2) is 4.57 Å². The fourth-order valence-electron chi connectivity index (χ4n) is 8.48. The average Bonchev–Trinajstić information content (AvgIpc) is 2.07. The predicted octanol–water partition coefficient (Wildman–Crippen LogP) is 18.3. The van der Waals surface area contributed by atoms with Crippen LogP contribution in [0.4, 0.5) is 17.1 Å². The third-order valence-corrected chi connectivity index (χ3v) is 11.8. The zero-order valence-electron chi connectivity index (χ0n) is 54.1. The van der Waals surface area contributed by atoms with Gasteiger partial charge in [-0.15, -0.1) is 0 Å². The van der Waals surface area contributed by atoms with Gasteiger partial charge in [-0.25, -0.2) is 0 Å². The van der Waals surface area contributed by atoms with Gasteiger partial charge in [0.15, 0.2) is 0 Å². The molecule has 0 N–H and O–H groups in total. The van der Waals surface area contributed by atoms with Gasteiger partial charge in [-0.2, -0.15) is 0 Å². The second kappa shape index (κ2) is 17.8. The lowest BCUT2D eigenvalue weighted by molar-refractivity contribution is 1.18. The van der Waals surface area contributed by atoms with Gasteiger partial charge in [0.1, 0.15) is 0 Å². The molecule has 0 aliphatic heterocycles. The normalized spacial score (nSPS) is 14.9. The summed E-state index contributed by atoms with van der Waals surface area (Å²) in [5.74, 6) is 0. The van der Waals surface area contributed by atoms with Gasteiger partial charge in [0.05, 0.1) is 35.7 Å². The van der Waals surface area contributed by atoms with Gasteiger partial charge in [0.2, 0.25) is 0 Å². The number of nitrogens with zero attached hydrogens (tertiary/aromatic N) is 2. The topological polar surface area (TPSA) is 8.17 Å². The van der Waals surface area contributed by atoms with Crippen molar-refractivity contribution in [3.63, 3.8) is 0 Å². The van der Waals surface area contributed by atoms with E-state index in [1.165, 1.54) is 0 Å². The van der Waals surface area contributed by atoms with E-state index < -0.39 is 136 Å². The monoisotopic (exact) mass is 884 g/mol. The zero-order valence-corrected chi connectivity index (χ0v) is 36.1. The van der Waals surface area contributed by atoms with Crippen molar-refractivity contribution in [1.29, 1.82) is 0 Å². The summed E-state index contributed by atoms with van der Waals surface area (Å²) >= 11 is 0. The molecule has 320 valence electrons. The molecule has 2 heteroatoms. The Morgan fingerprint density at radius 3 is 1.32 bits per heavy atom. The summed E-state index contributed by atoms with van der Waals surface area (Å²) in [4.78, 5) is 1.09. The molecule has 0 radical (unpaired) electrons. The van der Waals surface area contributed by atoms with E-state index in [0.29, 0.717) is 21.9 Å². The summed E-state index contributed by atoms with van der Waals surface area (Å²) in [6.07, 6.45) is 0. The number of fused-ring (bicyclic) bond motifs is 3. The van der Waals surface area contributed by atoms with Gasteiger partial charge < -0.3 is 9.47 Å². The first-order valence-electron chi connectivity index (χ1n) is 30.9. The van der Waals surface area contributed by atoms with Crippen LogP contribution < -0.4 is 4.90 Å². The van der Waals surface area contributed by atoms with Crippen molar-refractivity contribution in [3.8, 4) is 72.4 Å². The number of benzene rings is 11. The molecule has 0 spiro atoms. The molecule has 1 heterocycles. The van der Waals surface area contributed by atoms with Gasteiger partial charge in [0, 0.05) is 33.5 Å². The molecule has 0 aliphatic carbocycles. The minimum Gasteiger partial charge on any atom is -0.311 e. The maximum Gasteiger partial charge on any atom is 0.0645 e. The highest BCUT2D eigenvalue weighted by molar-refractivity contribution is 6.10. The Labute approximate surface area is 423 Å². The fraction of sp³-hybridized carbons (Fsp3) is 0. The Morgan fingerprint density at radius 1 is 0.279 bits per heavy atom. The Kier molecular flexibility index (Phi) is 6.70. The zero-order chi connectivity index (χ0) is 60.9. The molecule has 12 rings (SSSR count). The van der Waals surface area contributed by atoms with Crippen LogP contribution in [-0.2, 0) is 0 Å². The summed E-state index contributed by atoms with van der Waals surface area (Å²) in [5, 5.41) is 1.20. The molecule has 11 aromatic carbocycles. The largest absolute Gasteiger partial charge is 0.311 e. The predicted molar refractivity (Wildman–Crippen MR) is 288 cm³/mol. The minimum absolute atomic E-state index is 0.0697. The minimum atomic E-state index is -0.894. The van der Waals surface area contributed by atoms with E-state index in [9.17, 15) is 12.3 Å². The van der Waals surface area contributed by atoms with Gasteiger partial charge in [-0.05, 0) is 139 Å². The molecule has 0 saturated carbocycles. The van der Waals surface area contributed by atoms with Crippen LogP contribution in [0.2, 0.25) is 0 Å². The van der Waals surface area contributed by atoms with Crippen molar-refractivity contribution < 1.29 is 24.7 Å².